The van der Waals surface area contributed by atoms with Gasteiger partial charge in [-0.25, -0.2) is 4.79 Å². The zero-order valence-electron chi connectivity index (χ0n) is 15.3. The number of nitrogens with one attached hydrogen (secondary N) is 1. The first-order valence-electron chi connectivity index (χ1n) is 8.90. The SMILES string of the molecule is CCCN(Cc1cccnc1)c1c(N)n(Cc2ccccc2)c(=O)[nH]c1=O. The van der Waals surface area contributed by atoms with E-state index in [1.54, 1.807) is 12.4 Å². The van der Waals surface area contributed by atoms with Crippen LogP contribution in [0, 0.1) is 0 Å². The van der Waals surface area contributed by atoms with Crippen LogP contribution in [0.5, 0.6) is 0 Å². The Kier molecular flexibility index (Phi) is 5.71. The molecule has 0 saturated heterocycles. The minimum absolute atomic E-state index is 0.171. The number of H-pyrrole nitrogens is 1. The van der Waals surface area contributed by atoms with Gasteiger partial charge in [-0.1, -0.05) is 43.3 Å². The molecule has 0 aliphatic heterocycles. The Labute approximate surface area is 157 Å². The Bertz CT molecular complexity index is 996. The highest BCUT2D eigenvalue weighted by atomic mass is 16.2. The van der Waals surface area contributed by atoms with Gasteiger partial charge in [-0.2, -0.15) is 0 Å². The van der Waals surface area contributed by atoms with Gasteiger partial charge in [0.15, 0.2) is 0 Å². The fraction of sp³-hybridized carbons (Fsp3) is 0.250. The lowest BCUT2D eigenvalue weighted by molar-refractivity contribution is 0.706. The van der Waals surface area contributed by atoms with E-state index in [1.165, 1.54) is 4.57 Å². The second kappa shape index (κ2) is 8.35. The molecule has 0 radical (unpaired) electrons. The number of nitrogen functional groups attached to an aromatic ring is 1. The summed E-state index contributed by atoms with van der Waals surface area (Å²) in [6.45, 7) is 3.44. The van der Waals surface area contributed by atoms with Crippen molar-refractivity contribution in [3.8, 4) is 0 Å². The number of benzene rings is 1. The van der Waals surface area contributed by atoms with Crippen molar-refractivity contribution in [3.63, 3.8) is 0 Å². The number of nitrogens with two attached hydrogens (primary N) is 1. The number of aromatic nitrogens is 3. The minimum Gasteiger partial charge on any atom is -0.383 e. The van der Waals surface area contributed by atoms with Gasteiger partial charge in [0.1, 0.15) is 11.5 Å². The van der Waals surface area contributed by atoms with Crippen LogP contribution in [-0.4, -0.2) is 21.1 Å². The zero-order chi connectivity index (χ0) is 19.2. The van der Waals surface area contributed by atoms with E-state index in [1.807, 2.05) is 54.3 Å². The smallest absolute Gasteiger partial charge is 0.330 e. The molecule has 0 fully saturated rings. The molecule has 0 spiro atoms. The molecule has 0 amide bonds. The van der Waals surface area contributed by atoms with E-state index in [0.29, 0.717) is 25.3 Å². The minimum atomic E-state index is -0.511. The topological polar surface area (TPSA) is 97.0 Å². The van der Waals surface area contributed by atoms with Crippen molar-refractivity contribution in [3.05, 3.63) is 86.8 Å². The molecule has 7 heteroatoms. The van der Waals surface area contributed by atoms with E-state index in [2.05, 4.69) is 9.97 Å². The Morgan fingerprint density at radius 3 is 2.52 bits per heavy atom. The quantitative estimate of drug-likeness (QED) is 0.667. The molecule has 0 atom stereocenters. The van der Waals surface area contributed by atoms with E-state index < -0.39 is 11.2 Å². The van der Waals surface area contributed by atoms with Gasteiger partial charge in [-0.15, -0.1) is 0 Å². The normalized spacial score (nSPS) is 10.7. The van der Waals surface area contributed by atoms with E-state index >= 15 is 0 Å². The fourth-order valence-corrected chi connectivity index (χ4v) is 3.06. The molecule has 2 heterocycles. The molecule has 3 rings (SSSR count). The maximum atomic E-state index is 12.6. The van der Waals surface area contributed by atoms with Crippen molar-refractivity contribution in [2.75, 3.05) is 17.2 Å². The van der Waals surface area contributed by atoms with Gasteiger partial charge in [-0.3, -0.25) is 19.3 Å². The number of hydrogen-bond acceptors (Lipinski definition) is 5. The summed E-state index contributed by atoms with van der Waals surface area (Å²) in [5.74, 6) is 0.171. The standard InChI is InChI=1S/C20H23N5O2/c1-2-11-24(13-16-9-6-10-22-12-16)17-18(21)25(20(27)23-19(17)26)14-15-7-4-3-5-8-15/h3-10,12H,2,11,13-14,21H2,1H3,(H,23,26,27). The Morgan fingerprint density at radius 1 is 1.11 bits per heavy atom. The summed E-state index contributed by atoms with van der Waals surface area (Å²) in [7, 11) is 0. The molecule has 1 aromatic carbocycles. The predicted octanol–water partition coefficient (Wildman–Crippen LogP) is 1.98. The Morgan fingerprint density at radius 2 is 1.85 bits per heavy atom. The van der Waals surface area contributed by atoms with Gasteiger partial charge < -0.3 is 10.6 Å². The number of rotatable bonds is 7. The van der Waals surface area contributed by atoms with E-state index in [4.69, 9.17) is 5.73 Å². The van der Waals surface area contributed by atoms with Crippen LogP contribution in [0.3, 0.4) is 0 Å². The first kappa shape index (κ1) is 18.4. The number of aromatic amines is 1. The molecule has 140 valence electrons. The van der Waals surface area contributed by atoms with Gasteiger partial charge in [0, 0.05) is 25.5 Å². The van der Waals surface area contributed by atoms with Crippen LogP contribution >= 0.6 is 0 Å². The molecule has 3 aromatic rings. The maximum Gasteiger partial charge on any atom is 0.330 e. The van der Waals surface area contributed by atoms with Crippen LogP contribution in [0.15, 0.2) is 64.4 Å². The second-order valence-corrected chi connectivity index (χ2v) is 6.35. The molecule has 27 heavy (non-hydrogen) atoms. The molecule has 0 bridgehead atoms. The van der Waals surface area contributed by atoms with Crippen LogP contribution in [0.4, 0.5) is 11.5 Å². The van der Waals surface area contributed by atoms with Crippen molar-refractivity contribution in [2.45, 2.75) is 26.4 Å². The first-order chi connectivity index (χ1) is 13.1. The highest BCUT2D eigenvalue weighted by Crippen LogP contribution is 2.20. The zero-order valence-corrected chi connectivity index (χ0v) is 15.3. The van der Waals surface area contributed by atoms with Gasteiger partial charge in [-0.05, 0) is 23.6 Å². The van der Waals surface area contributed by atoms with Crippen molar-refractivity contribution in [1.82, 2.24) is 14.5 Å². The maximum absolute atomic E-state index is 12.6. The molecule has 0 unspecified atom stereocenters. The highest BCUT2D eigenvalue weighted by Gasteiger charge is 2.19. The van der Waals surface area contributed by atoms with Crippen molar-refractivity contribution >= 4 is 11.5 Å². The lowest BCUT2D eigenvalue weighted by atomic mass is 10.2. The summed E-state index contributed by atoms with van der Waals surface area (Å²) in [6, 6.07) is 13.3. The molecule has 3 N–H and O–H groups in total. The van der Waals surface area contributed by atoms with Crippen LogP contribution in [-0.2, 0) is 13.1 Å². The third-order valence-corrected chi connectivity index (χ3v) is 4.30. The summed E-state index contributed by atoms with van der Waals surface area (Å²) < 4.78 is 1.40. The molecule has 7 nitrogen and oxygen atoms in total. The average Bonchev–Trinajstić information content (AvgIpc) is 2.67. The molecule has 2 aromatic heterocycles. The summed E-state index contributed by atoms with van der Waals surface area (Å²) in [5.41, 5.74) is 7.53. The van der Waals surface area contributed by atoms with Gasteiger partial charge in [0.05, 0.1) is 6.54 Å². The van der Waals surface area contributed by atoms with Crippen LogP contribution in [0.1, 0.15) is 24.5 Å². The summed E-state index contributed by atoms with van der Waals surface area (Å²) in [5, 5.41) is 0. The van der Waals surface area contributed by atoms with Crippen LogP contribution in [0.25, 0.3) is 0 Å². The van der Waals surface area contributed by atoms with E-state index in [-0.39, 0.29) is 5.82 Å². The number of pyridine rings is 1. The van der Waals surface area contributed by atoms with Gasteiger partial charge in [0.25, 0.3) is 5.56 Å². The molecular weight excluding hydrogens is 342 g/mol. The molecular formula is C20H23N5O2. The van der Waals surface area contributed by atoms with Crippen LogP contribution in [0.2, 0.25) is 0 Å². The Hall–Kier alpha value is -3.35. The van der Waals surface area contributed by atoms with Crippen molar-refractivity contribution in [1.29, 1.82) is 0 Å². The fourth-order valence-electron chi connectivity index (χ4n) is 3.06. The van der Waals surface area contributed by atoms with Gasteiger partial charge >= 0.3 is 5.69 Å². The van der Waals surface area contributed by atoms with Crippen molar-refractivity contribution in [2.24, 2.45) is 0 Å². The number of hydrogen-bond donors (Lipinski definition) is 2. The lowest BCUT2D eigenvalue weighted by Gasteiger charge is -2.25. The average molecular weight is 365 g/mol. The summed E-state index contributed by atoms with van der Waals surface area (Å²) in [4.78, 5) is 33.3. The predicted molar refractivity (Wildman–Crippen MR) is 107 cm³/mol. The monoisotopic (exact) mass is 365 g/mol. The number of nitrogens with zero attached hydrogens (tertiary/aromatic N) is 3. The van der Waals surface area contributed by atoms with E-state index in [0.717, 1.165) is 17.5 Å². The van der Waals surface area contributed by atoms with E-state index in [9.17, 15) is 9.59 Å². The third-order valence-electron chi connectivity index (χ3n) is 4.30. The van der Waals surface area contributed by atoms with Gasteiger partial charge in [0.2, 0.25) is 0 Å². The number of anilines is 2. The summed E-state index contributed by atoms with van der Waals surface area (Å²) in [6.07, 6.45) is 4.29. The highest BCUT2D eigenvalue weighted by molar-refractivity contribution is 5.62. The molecule has 0 aliphatic rings. The lowest BCUT2D eigenvalue weighted by Crippen LogP contribution is -2.38. The second-order valence-electron chi connectivity index (χ2n) is 6.35. The first-order valence-corrected chi connectivity index (χ1v) is 8.90. The largest absolute Gasteiger partial charge is 0.383 e. The molecule has 0 aliphatic carbocycles. The van der Waals surface area contributed by atoms with Crippen molar-refractivity contribution < 1.29 is 0 Å². The Balaban J connectivity index is 2.03. The summed E-state index contributed by atoms with van der Waals surface area (Å²) >= 11 is 0. The third kappa shape index (κ3) is 4.25. The van der Waals surface area contributed by atoms with Crippen LogP contribution < -0.4 is 21.9 Å². The molecule has 0 saturated carbocycles.